The van der Waals surface area contributed by atoms with E-state index in [1.165, 1.54) is 49.9 Å². The molecule has 1 aromatic heterocycles. The zero-order chi connectivity index (χ0) is 19.9. The standard InChI is InChI=1S/C18H24N6O3S/c1-28-18-22-21-16(23(18)14-5-2-3-6-14)7-4-12-19-17(25)20-13-8-10-15(11-9-13)24(26)27/h8-11,14H,2-7,12H2,1H3,(H2,19,20,25). The number of urea groups is 1. The molecule has 1 aliphatic rings. The van der Waals surface area contributed by atoms with E-state index in [0.29, 0.717) is 18.3 Å². The molecule has 0 unspecified atom stereocenters. The Kier molecular flexibility index (Phi) is 6.85. The molecule has 1 heterocycles. The van der Waals surface area contributed by atoms with Crippen LogP contribution in [0.15, 0.2) is 29.4 Å². The van der Waals surface area contributed by atoms with Crippen LogP contribution in [0.5, 0.6) is 0 Å². The lowest BCUT2D eigenvalue weighted by atomic mass is 10.2. The minimum absolute atomic E-state index is 0.0121. The molecular formula is C18H24N6O3S. The second-order valence-corrected chi connectivity index (χ2v) is 7.47. The van der Waals surface area contributed by atoms with E-state index >= 15 is 0 Å². The van der Waals surface area contributed by atoms with E-state index in [4.69, 9.17) is 0 Å². The number of amides is 2. The third-order valence-electron chi connectivity index (χ3n) is 4.81. The van der Waals surface area contributed by atoms with Crippen molar-refractivity contribution in [2.45, 2.75) is 49.7 Å². The molecule has 2 N–H and O–H groups in total. The number of carbonyl (C=O) groups excluding carboxylic acids is 1. The van der Waals surface area contributed by atoms with Gasteiger partial charge in [0.2, 0.25) is 0 Å². The summed E-state index contributed by atoms with van der Waals surface area (Å²) in [5, 5.41) is 25.7. The molecule has 10 heteroatoms. The average molecular weight is 404 g/mol. The Hall–Kier alpha value is -2.62. The van der Waals surface area contributed by atoms with Gasteiger partial charge in [-0.25, -0.2) is 4.79 Å². The van der Waals surface area contributed by atoms with Gasteiger partial charge in [-0.3, -0.25) is 10.1 Å². The van der Waals surface area contributed by atoms with Crippen LogP contribution in [0.1, 0.15) is 44.0 Å². The quantitative estimate of drug-likeness (QED) is 0.299. The number of non-ortho nitro benzene ring substituents is 1. The summed E-state index contributed by atoms with van der Waals surface area (Å²) in [6.07, 6.45) is 8.38. The average Bonchev–Trinajstić information content (AvgIpc) is 3.34. The molecule has 28 heavy (non-hydrogen) atoms. The first-order valence-electron chi connectivity index (χ1n) is 9.35. The van der Waals surface area contributed by atoms with Crippen LogP contribution in [-0.2, 0) is 6.42 Å². The van der Waals surface area contributed by atoms with Gasteiger partial charge < -0.3 is 15.2 Å². The molecule has 0 bridgehead atoms. The highest BCUT2D eigenvalue weighted by Gasteiger charge is 2.23. The minimum Gasteiger partial charge on any atom is -0.338 e. The van der Waals surface area contributed by atoms with Crippen LogP contribution < -0.4 is 10.6 Å². The maximum absolute atomic E-state index is 12.0. The van der Waals surface area contributed by atoms with Crippen molar-refractivity contribution in [2.24, 2.45) is 0 Å². The summed E-state index contributed by atoms with van der Waals surface area (Å²) in [6.45, 7) is 0.505. The number of hydrogen-bond acceptors (Lipinski definition) is 6. The number of rotatable bonds is 8. The van der Waals surface area contributed by atoms with Crippen LogP contribution in [0.4, 0.5) is 16.2 Å². The molecule has 3 rings (SSSR count). The van der Waals surface area contributed by atoms with E-state index in [2.05, 4.69) is 25.4 Å². The van der Waals surface area contributed by atoms with Crippen molar-refractivity contribution in [3.63, 3.8) is 0 Å². The number of benzene rings is 1. The molecule has 1 saturated carbocycles. The molecule has 2 amide bonds. The van der Waals surface area contributed by atoms with Gasteiger partial charge in [0.1, 0.15) is 5.82 Å². The Morgan fingerprint density at radius 3 is 2.64 bits per heavy atom. The molecule has 0 atom stereocenters. The fourth-order valence-corrected chi connectivity index (χ4v) is 4.01. The van der Waals surface area contributed by atoms with E-state index in [0.717, 1.165) is 23.8 Å². The van der Waals surface area contributed by atoms with Crippen LogP contribution in [0.3, 0.4) is 0 Å². The smallest absolute Gasteiger partial charge is 0.319 e. The van der Waals surface area contributed by atoms with E-state index in [1.807, 2.05) is 6.26 Å². The highest BCUT2D eigenvalue weighted by Crippen LogP contribution is 2.33. The molecule has 2 aromatic rings. The number of nitrogens with zero attached hydrogens (tertiary/aromatic N) is 4. The Balaban J connectivity index is 1.46. The number of hydrogen-bond donors (Lipinski definition) is 2. The molecule has 9 nitrogen and oxygen atoms in total. The third kappa shape index (κ3) is 5.00. The normalized spacial score (nSPS) is 14.2. The van der Waals surface area contributed by atoms with Gasteiger partial charge in [-0.15, -0.1) is 10.2 Å². The van der Waals surface area contributed by atoms with Crippen LogP contribution in [0, 0.1) is 10.1 Å². The van der Waals surface area contributed by atoms with Crippen molar-refractivity contribution >= 4 is 29.2 Å². The van der Waals surface area contributed by atoms with Gasteiger partial charge in [-0.05, 0) is 37.7 Å². The Morgan fingerprint density at radius 2 is 2.00 bits per heavy atom. The van der Waals surface area contributed by atoms with Gasteiger partial charge in [-0.1, -0.05) is 24.6 Å². The summed E-state index contributed by atoms with van der Waals surface area (Å²) in [7, 11) is 0. The summed E-state index contributed by atoms with van der Waals surface area (Å²) in [4.78, 5) is 22.1. The second-order valence-electron chi connectivity index (χ2n) is 6.70. The van der Waals surface area contributed by atoms with Crippen LogP contribution in [0.2, 0.25) is 0 Å². The molecule has 1 aromatic carbocycles. The van der Waals surface area contributed by atoms with Crippen molar-refractivity contribution < 1.29 is 9.72 Å². The summed E-state index contributed by atoms with van der Waals surface area (Å²) >= 11 is 1.62. The molecule has 0 aliphatic heterocycles. The topological polar surface area (TPSA) is 115 Å². The van der Waals surface area contributed by atoms with E-state index < -0.39 is 4.92 Å². The molecule has 0 radical (unpaired) electrons. The zero-order valence-corrected chi connectivity index (χ0v) is 16.6. The van der Waals surface area contributed by atoms with E-state index in [9.17, 15) is 14.9 Å². The van der Waals surface area contributed by atoms with Gasteiger partial charge in [-0.2, -0.15) is 0 Å². The predicted molar refractivity (Wildman–Crippen MR) is 108 cm³/mol. The SMILES string of the molecule is CSc1nnc(CCCNC(=O)Nc2ccc([N+](=O)[O-])cc2)n1C1CCCC1. The number of nitro benzene ring substituents is 1. The van der Waals surface area contributed by atoms with Crippen LogP contribution in [0.25, 0.3) is 0 Å². The first kappa shape index (κ1) is 20.1. The molecule has 1 fully saturated rings. The molecule has 1 aliphatic carbocycles. The predicted octanol–water partition coefficient (Wildman–Crippen LogP) is 3.78. The van der Waals surface area contributed by atoms with Gasteiger partial charge >= 0.3 is 6.03 Å². The highest BCUT2D eigenvalue weighted by atomic mass is 32.2. The maximum atomic E-state index is 12.0. The lowest BCUT2D eigenvalue weighted by Gasteiger charge is -2.16. The molecular weight excluding hydrogens is 380 g/mol. The van der Waals surface area contributed by atoms with Gasteiger partial charge in [0.05, 0.1) is 4.92 Å². The summed E-state index contributed by atoms with van der Waals surface area (Å²) in [5.74, 6) is 0.980. The minimum atomic E-state index is -0.476. The number of thioether (sulfide) groups is 1. The highest BCUT2D eigenvalue weighted by molar-refractivity contribution is 7.98. The van der Waals surface area contributed by atoms with Crippen LogP contribution >= 0.6 is 11.8 Å². The Bertz CT molecular complexity index is 817. The monoisotopic (exact) mass is 404 g/mol. The van der Waals surface area contributed by atoms with Crippen molar-refractivity contribution in [1.82, 2.24) is 20.1 Å². The first-order valence-corrected chi connectivity index (χ1v) is 10.6. The number of nitrogens with one attached hydrogen (secondary N) is 2. The zero-order valence-electron chi connectivity index (χ0n) is 15.8. The number of nitro groups is 1. The van der Waals surface area contributed by atoms with E-state index in [1.54, 1.807) is 11.8 Å². The Labute approximate surface area is 167 Å². The van der Waals surface area contributed by atoms with E-state index in [-0.39, 0.29) is 11.7 Å². The number of anilines is 1. The lowest BCUT2D eigenvalue weighted by Crippen LogP contribution is -2.29. The van der Waals surface area contributed by atoms with Crippen molar-refractivity contribution in [3.8, 4) is 0 Å². The lowest BCUT2D eigenvalue weighted by molar-refractivity contribution is -0.384. The number of aryl methyl sites for hydroxylation is 1. The summed E-state index contributed by atoms with van der Waals surface area (Å²) in [6, 6.07) is 5.88. The van der Waals surface area contributed by atoms with Crippen molar-refractivity contribution in [1.29, 1.82) is 0 Å². The number of aromatic nitrogens is 3. The maximum Gasteiger partial charge on any atom is 0.319 e. The molecule has 0 spiro atoms. The second kappa shape index (κ2) is 9.54. The summed E-state index contributed by atoms with van der Waals surface area (Å²) < 4.78 is 2.27. The largest absolute Gasteiger partial charge is 0.338 e. The summed E-state index contributed by atoms with van der Waals surface area (Å²) in [5.41, 5.74) is 0.496. The first-order chi connectivity index (χ1) is 13.6. The Morgan fingerprint density at radius 1 is 1.29 bits per heavy atom. The van der Waals surface area contributed by atoms with Crippen LogP contribution in [-0.4, -0.2) is 38.5 Å². The fraction of sp³-hybridized carbons (Fsp3) is 0.500. The van der Waals surface area contributed by atoms with Gasteiger partial charge in [0.25, 0.3) is 5.69 Å². The van der Waals surface area contributed by atoms with Gasteiger partial charge in [0.15, 0.2) is 5.16 Å². The molecule has 0 saturated heterocycles. The fourth-order valence-electron chi connectivity index (χ4n) is 3.44. The van der Waals surface area contributed by atoms with Crippen molar-refractivity contribution in [3.05, 3.63) is 40.2 Å². The van der Waals surface area contributed by atoms with Gasteiger partial charge in [0, 0.05) is 36.8 Å². The molecule has 150 valence electrons. The number of carbonyl (C=O) groups is 1. The third-order valence-corrected chi connectivity index (χ3v) is 5.45. The van der Waals surface area contributed by atoms with Crippen molar-refractivity contribution in [2.75, 3.05) is 18.1 Å².